The second-order valence-corrected chi connectivity index (χ2v) is 7.22. The minimum absolute atomic E-state index is 0.256. The van der Waals surface area contributed by atoms with Crippen molar-refractivity contribution in [1.29, 1.82) is 0 Å². The van der Waals surface area contributed by atoms with Gasteiger partial charge in [0, 0.05) is 36.0 Å². The van der Waals surface area contributed by atoms with Crippen molar-refractivity contribution in [2.24, 2.45) is 0 Å². The quantitative estimate of drug-likeness (QED) is 0.617. The number of benzene rings is 1. The van der Waals surface area contributed by atoms with E-state index < -0.39 is 0 Å². The van der Waals surface area contributed by atoms with Crippen molar-refractivity contribution in [3.8, 4) is 17.3 Å². The molecule has 0 saturated carbocycles. The first kappa shape index (κ1) is 18.9. The molecule has 1 N–H and O–H groups in total. The highest BCUT2D eigenvalue weighted by atomic mass is 32.2. The number of nitrogens with zero attached hydrogens (tertiary/aromatic N) is 2. The van der Waals surface area contributed by atoms with Crippen molar-refractivity contribution >= 4 is 28.2 Å². The molecule has 4 rings (SSSR count). The van der Waals surface area contributed by atoms with Gasteiger partial charge in [0.15, 0.2) is 0 Å². The molecule has 3 aromatic rings. The van der Waals surface area contributed by atoms with Gasteiger partial charge in [-0.2, -0.15) is 0 Å². The second kappa shape index (κ2) is 8.32. The molecular weight excluding hydrogens is 390 g/mol. The molecule has 1 aromatic carbocycles. The summed E-state index contributed by atoms with van der Waals surface area (Å²) in [6.45, 7) is 2.29. The third-order valence-electron chi connectivity index (χ3n) is 4.21. The number of rotatable bonds is 6. The molecule has 1 fully saturated rings. The number of oxazole rings is 1. The van der Waals surface area contributed by atoms with Gasteiger partial charge in [0.1, 0.15) is 5.76 Å². The minimum Gasteiger partial charge on any atom is -0.477 e. The Labute approximate surface area is 171 Å². The van der Waals surface area contributed by atoms with Gasteiger partial charge in [-0.3, -0.25) is 9.59 Å². The molecule has 29 heavy (non-hydrogen) atoms. The monoisotopic (exact) mass is 407 g/mol. The van der Waals surface area contributed by atoms with E-state index in [1.54, 1.807) is 24.4 Å². The largest absolute Gasteiger partial charge is 0.477 e. The molecule has 3 heterocycles. The third kappa shape index (κ3) is 4.55. The van der Waals surface area contributed by atoms with Gasteiger partial charge < -0.3 is 14.5 Å². The molecular formula is C21H17N3O4S. The zero-order valence-corrected chi connectivity index (χ0v) is 16.4. The van der Waals surface area contributed by atoms with Crippen LogP contribution in [0.25, 0.3) is 17.5 Å². The first-order chi connectivity index (χ1) is 14.1. The lowest BCUT2D eigenvalue weighted by Gasteiger charge is -2.04. The molecule has 0 spiro atoms. The van der Waals surface area contributed by atoms with Crippen molar-refractivity contribution in [1.82, 2.24) is 15.3 Å². The molecule has 0 unspecified atom stereocenters. The van der Waals surface area contributed by atoms with Crippen LogP contribution in [0.3, 0.4) is 0 Å². The SMILES string of the molecule is Cc1oc(-c2ccccc2)nc1CCOc1ccc(C=C2NC(=O)SC2=O)cn1. The molecule has 7 nitrogen and oxygen atoms in total. The molecule has 1 aliphatic heterocycles. The summed E-state index contributed by atoms with van der Waals surface area (Å²) in [7, 11) is 0. The van der Waals surface area contributed by atoms with Crippen molar-refractivity contribution < 1.29 is 18.7 Å². The normalized spacial score (nSPS) is 15.0. The fourth-order valence-electron chi connectivity index (χ4n) is 2.77. The number of hydrogen-bond acceptors (Lipinski definition) is 7. The van der Waals surface area contributed by atoms with Crippen LogP contribution >= 0.6 is 11.8 Å². The molecule has 0 atom stereocenters. The number of nitrogens with one attached hydrogen (secondary N) is 1. The lowest BCUT2D eigenvalue weighted by Crippen LogP contribution is -2.10. The summed E-state index contributed by atoms with van der Waals surface area (Å²) < 4.78 is 11.4. The highest BCUT2D eigenvalue weighted by Crippen LogP contribution is 2.22. The van der Waals surface area contributed by atoms with E-state index in [1.807, 2.05) is 37.3 Å². The number of hydrogen-bond donors (Lipinski definition) is 1. The smallest absolute Gasteiger partial charge is 0.291 e. The zero-order chi connectivity index (χ0) is 20.2. The lowest BCUT2D eigenvalue weighted by atomic mass is 10.2. The summed E-state index contributed by atoms with van der Waals surface area (Å²) in [6.07, 6.45) is 3.76. The number of carbonyl (C=O) groups excluding carboxylic acids is 2. The molecule has 0 aliphatic carbocycles. The zero-order valence-electron chi connectivity index (χ0n) is 15.5. The van der Waals surface area contributed by atoms with E-state index in [1.165, 1.54) is 0 Å². The van der Waals surface area contributed by atoms with Crippen LogP contribution in [0.15, 0.2) is 58.8 Å². The van der Waals surface area contributed by atoms with Crippen LogP contribution in [-0.2, 0) is 11.2 Å². The van der Waals surface area contributed by atoms with Crippen LogP contribution in [-0.4, -0.2) is 26.9 Å². The van der Waals surface area contributed by atoms with Crippen LogP contribution in [0.1, 0.15) is 17.0 Å². The van der Waals surface area contributed by atoms with Gasteiger partial charge in [-0.25, -0.2) is 9.97 Å². The van der Waals surface area contributed by atoms with Gasteiger partial charge in [-0.05, 0) is 36.8 Å². The Hall–Kier alpha value is -3.39. The fraction of sp³-hybridized carbons (Fsp3) is 0.143. The van der Waals surface area contributed by atoms with E-state index in [0.717, 1.165) is 17.0 Å². The maximum absolute atomic E-state index is 11.6. The van der Waals surface area contributed by atoms with Crippen LogP contribution in [0, 0.1) is 6.92 Å². The molecule has 146 valence electrons. The Kier molecular flexibility index (Phi) is 5.44. The van der Waals surface area contributed by atoms with E-state index in [-0.39, 0.29) is 16.1 Å². The molecule has 0 bridgehead atoms. The Morgan fingerprint density at radius 1 is 1.17 bits per heavy atom. The molecule has 0 radical (unpaired) electrons. The van der Waals surface area contributed by atoms with E-state index in [0.29, 0.717) is 42.1 Å². The summed E-state index contributed by atoms with van der Waals surface area (Å²) in [6, 6.07) is 13.2. The summed E-state index contributed by atoms with van der Waals surface area (Å²) in [5.74, 6) is 1.83. The van der Waals surface area contributed by atoms with E-state index in [9.17, 15) is 9.59 Å². The summed E-state index contributed by atoms with van der Waals surface area (Å²) >= 11 is 0.645. The molecule has 1 aliphatic rings. The summed E-state index contributed by atoms with van der Waals surface area (Å²) in [4.78, 5) is 31.6. The topological polar surface area (TPSA) is 94.3 Å². The second-order valence-electron chi connectivity index (χ2n) is 6.28. The van der Waals surface area contributed by atoms with Gasteiger partial charge in [-0.1, -0.05) is 18.2 Å². The maximum Gasteiger partial charge on any atom is 0.291 e. The Balaban J connectivity index is 1.34. The van der Waals surface area contributed by atoms with Gasteiger partial charge in [0.25, 0.3) is 5.24 Å². The highest BCUT2D eigenvalue weighted by Gasteiger charge is 2.25. The van der Waals surface area contributed by atoms with Gasteiger partial charge >= 0.3 is 0 Å². The Bertz CT molecular complexity index is 1080. The fourth-order valence-corrected chi connectivity index (χ4v) is 3.32. The van der Waals surface area contributed by atoms with Crippen molar-refractivity contribution in [2.75, 3.05) is 6.61 Å². The average Bonchev–Trinajstić information content (AvgIpc) is 3.25. The molecule has 2 aromatic heterocycles. The molecule has 1 saturated heterocycles. The van der Waals surface area contributed by atoms with E-state index >= 15 is 0 Å². The molecule has 1 amide bonds. The van der Waals surface area contributed by atoms with Crippen LogP contribution in [0.2, 0.25) is 0 Å². The number of carbonyl (C=O) groups is 2. The number of pyridine rings is 1. The van der Waals surface area contributed by atoms with Crippen molar-refractivity contribution in [3.63, 3.8) is 0 Å². The number of aryl methyl sites for hydroxylation is 1. The highest BCUT2D eigenvalue weighted by molar-refractivity contribution is 8.27. The third-order valence-corrected chi connectivity index (χ3v) is 4.91. The molecule has 8 heteroatoms. The number of ether oxygens (including phenoxy) is 1. The average molecular weight is 407 g/mol. The van der Waals surface area contributed by atoms with Crippen LogP contribution in [0.5, 0.6) is 5.88 Å². The van der Waals surface area contributed by atoms with Crippen molar-refractivity contribution in [2.45, 2.75) is 13.3 Å². The van der Waals surface area contributed by atoms with Crippen LogP contribution < -0.4 is 10.1 Å². The van der Waals surface area contributed by atoms with Gasteiger partial charge in [-0.15, -0.1) is 0 Å². The minimum atomic E-state index is -0.368. The lowest BCUT2D eigenvalue weighted by molar-refractivity contribution is -0.107. The first-order valence-corrected chi connectivity index (χ1v) is 9.75. The standard InChI is InChI=1S/C21H17N3O4S/c1-13-16(23-19(28-13)15-5-3-2-4-6-15)9-10-27-18-8-7-14(12-22-18)11-17-20(25)29-21(26)24-17/h2-8,11-12H,9-10H2,1H3,(H,24,26). The predicted octanol–water partition coefficient (Wildman–Crippen LogP) is 3.99. The number of amides is 1. The van der Waals surface area contributed by atoms with Gasteiger partial charge in [0.05, 0.1) is 18.0 Å². The van der Waals surface area contributed by atoms with Crippen molar-refractivity contribution in [3.05, 3.63) is 71.4 Å². The van der Waals surface area contributed by atoms with Gasteiger partial charge in [0.2, 0.25) is 16.9 Å². The summed E-state index contributed by atoms with van der Waals surface area (Å²) in [5, 5.41) is 1.83. The summed E-state index contributed by atoms with van der Waals surface area (Å²) in [5.41, 5.74) is 2.73. The van der Waals surface area contributed by atoms with E-state index in [2.05, 4.69) is 15.3 Å². The first-order valence-electron chi connectivity index (χ1n) is 8.94. The number of thioether (sulfide) groups is 1. The predicted molar refractivity (Wildman–Crippen MR) is 109 cm³/mol. The Morgan fingerprint density at radius 2 is 2.00 bits per heavy atom. The van der Waals surface area contributed by atoms with E-state index in [4.69, 9.17) is 9.15 Å². The maximum atomic E-state index is 11.6. The Morgan fingerprint density at radius 3 is 2.69 bits per heavy atom. The number of aromatic nitrogens is 2. The van der Waals surface area contributed by atoms with Crippen LogP contribution in [0.4, 0.5) is 4.79 Å².